The second-order valence-electron chi connectivity index (χ2n) is 6.76. The summed E-state index contributed by atoms with van der Waals surface area (Å²) in [5.41, 5.74) is 2.26. The first kappa shape index (κ1) is 20.1. The van der Waals surface area contributed by atoms with Gasteiger partial charge in [0.05, 0.1) is 5.56 Å². The Morgan fingerprint density at radius 1 is 1.07 bits per heavy atom. The lowest BCUT2D eigenvalue weighted by Gasteiger charge is -2.35. The van der Waals surface area contributed by atoms with Crippen LogP contribution in [0, 0.1) is 0 Å². The Labute approximate surface area is 173 Å². The van der Waals surface area contributed by atoms with Gasteiger partial charge in [-0.2, -0.15) is 0 Å². The molecule has 0 spiro atoms. The number of hydrogen-bond acceptors (Lipinski definition) is 3. The summed E-state index contributed by atoms with van der Waals surface area (Å²) >= 11 is 3.38. The smallest absolute Gasteiger partial charge is 0.253 e. The average Bonchev–Trinajstić information content (AvgIpc) is 2.73. The van der Waals surface area contributed by atoms with Crippen molar-refractivity contribution in [3.8, 4) is 0 Å². The second-order valence-corrected chi connectivity index (χ2v) is 7.67. The molecule has 0 bridgehead atoms. The Balaban J connectivity index is 1.60. The van der Waals surface area contributed by atoms with E-state index in [1.165, 1.54) is 0 Å². The fourth-order valence-electron chi connectivity index (χ4n) is 3.34. The minimum absolute atomic E-state index is 0.0462. The number of hydrogen-bond donors (Lipinski definition) is 2. The summed E-state index contributed by atoms with van der Waals surface area (Å²) in [7, 11) is 0. The second kappa shape index (κ2) is 9.55. The molecule has 0 unspecified atom stereocenters. The maximum Gasteiger partial charge on any atom is 0.253 e. The fraction of sp³-hybridized carbons (Fsp3) is 0.273. The van der Waals surface area contributed by atoms with Gasteiger partial charge in [-0.15, -0.1) is 6.58 Å². The van der Waals surface area contributed by atoms with Crippen molar-refractivity contribution in [2.24, 2.45) is 0 Å². The molecule has 1 fully saturated rings. The van der Waals surface area contributed by atoms with E-state index in [-0.39, 0.29) is 17.9 Å². The number of nitrogens with one attached hydrogen (secondary N) is 2. The standard InChI is InChI=1S/C22H24BrN3O2/c1-2-13-24-22(28)19-5-3-4-6-20(19)26-14-11-18(12-15-26)25-21(27)16-7-9-17(23)10-8-16/h2-10,18H,1,11-15H2,(H,24,28)(H,25,27). The van der Waals surface area contributed by atoms with E-state index in [1.807, 2.05) is 48.5 Å². The molecule has 1 aliphatic rings. The van der Waals surface area contributed by atoms with Crippen molar-refractivity contribution in [2.75, 3.05) is 24.5 Å². The summed E-state index contributed by atoms with van der Waals surface area (Å²) in [6.45, 7) is 5.65. The van der Waals surface area contributed by atoms with Crippen LogP contribution in [-0.2, 0) is 0 Å². The van der Waals surface area contributed by atoms with Crippen molar-refractivity contribution in [1.82, 2.24) is 10.6 Å². The van der Waals surface area contributed by atoms with E-state index in [0.717, 1.165) is 36.1 Å². The van der Waals surface area contributed by atoms with Crippen LogP contribution in [-0.4, -0.2) is 37.5 Å². The molecule has 5 nitrogen and oxygen atoms in total. The minimum Gasteiger partial charge on any atom is -0.371 e. The van der Waals surface area contributed by atoms with Crippen molar-refractivity contribution in [3.63, 3.8) is 0 Å². The molecule has 0 saturated carbocycles. The highest BCUT2D eigenvalue weighted by molar-refractivity contribution is 9.10. The third-order valence-corrected chi connectivity index (χ3v) is 5.36. The van der Waals surface area contributed by atoms with Crippen LogP contribution in [0.2, 0.25) is 0 Å². The maximum atomic E-state index is 12.4. The average molecular weight is 442 g/mol. The summed E-state index contributed by atoms with van der Waals surface area (Å²) in [6.07, 6.45) is 3.34. The minimum atomic E-state index is -0.0961. The third-order valence-electron chi connectivity index (χ3n) is 4.83. The van der Waals surface area contributed by atoms with Crippen molar-refractivity contribution in [3.05, 3.63) is 76.8 Å². The van der Waals surface area contributed by atoms with Gasteiger partial charge in [-0.05, 0) is 49.2 Å². The normalized spacial score (nSPS) is 14.4. The number of halogens is 1. The van der Waals surface area contributed by atoms with Gasteiger partial charge < -0.3 is 15.5 Å². The molecule has 0 radical (unpaired) electrons. The molecule has 1 saturated heterocycles. The summed E-state index contributed by atoms with van der Waals surface area (Å²) < 4.78 is 0.952. The largest absolute Gasteiger partial charge is 0.371 e. The molecular weight excluding hydrogens is 418 g/mol. The summed E-state index contributed by atoms with van der Waals surface area (Å²) in [5, 5.41) is 5.96. The first-order chi connectivity index (χ1) is 13.6. The number of anilines is 1. The van der Waals surface area contributed by atoms with Crippen LogP contribution in [0.3, 0.4) is 0 Å². The van der Waals surface area contributed by atoms with Gasteiger partial charge >= 0.3 is 0 Å². The van der Waals surface area contributed by atoms with Crippen LogP contribution in [0.25, 0.3) is 0 Å². The number of carbonyl (C=O) groups excluding carboxylic acids is 2. The van der Waals surface area contributed by atoms with Crippen molar-refractivity contribution in [2.45, 2.75) is 18.9 Å². The highest BCUT2D eigenvalue weighted by Gasteiger charge is 2.24. The number of piperidine rings is 1. The molecule has 2 aromatic rings. The highest BCUT2D eigenvalue weighted by Crippen LogP contribution is 2.24. The number of nitrogens with zero attached hydrogens (tertiary/aromatic N) is 1. The summed E-state index contributed by atoms with van der Waals surface area (Å²) in [5.74, 6) is -0.142. The summed E-state index contributed by atoms with van der Waals surface area (Å²) in [6, 6.07) is 15.1. The molecule has 1 aliphatic heterocycles. The van der Waals surface area contributed by atoms with Crippen LogP contribution >= 0.6 is 15.9 Å². The van der Waals surface area contributed by atoms with Crippen LogP contribution in [0.5, 0.6) is 0 Å². The lowest BCUT2D eigenvalue weighted by Crippen LogP contribution is -2.45. The van der Waals surface area contributed by atoms with E-state index in [0.29, 0.717) is 17.7 Å². The monoisotopic (exact) mass is 441 g/mol. The number of rotatable bonds is 6. The van der Waals surface area contributed by atoms with Gasteiger partial charge in [0.2, 0.25) is 0 Å². The Morgan fingerprint density at radius 2 is 1.75 bits per heavy atom. The number of para-hydroxylation sites is 1. The van der Waals surface area contributed by atoms with Crippen LogP contribution in [0.4, 0.5) is 5.69 Å². The molecule has 2 amide bonds. The molecule has 6 heteroatoms. The predicted octanol–water partition coefficient (Wildman–Crippen LogP) is 3.76. The molecule has 0 aliphatic carbocycles. The molecule has 28 heavy (non-hydrogen) atoms. The number of benzene rings is 2. The first-order valence-corrected chi connectivity index (χ1v) is 10.2. The zero-order valence-corrected chi connectivity index (χ0v) is 17.2. The highest BCUT2D eigenvalue weighted by atomic mass is 79.9. The topological polar surface area (TPSA) is 61.4 Å². The number of amides is 2. The first-order valence-electron chi connectivity index (χ1n) is 9.38. The SMILES string of the molecule is C=CCNC(=O)c1ccccc1N1CCC(NC(=O)c2ccc(Br)cc2)CC1. The van der Waals surface area contributed by atoms with E-state index in [1.54, 1.807) is 6.08 Å². The van der Waals surface area contributed by atoms with E-state index in [4.69, 9.17) is 0 Å². The molecule has 2 N–H and O–H groups in total. The molecule has 1 heterocycles. The lowest BCUT2D eigenvalue weighted by atomic mass is 10.0. The van der Waals surface area contributed by atoms with E-state index in [2.05, 4.69) is 38.0 Å². The zero-order chi connectivity index (χ0) is 19.9. The van der Waals surface area contributed by atoms with Gasteiger partial charge in [-0.25, -0.2) is 0 Å². The van der Waals surface area contributed by atoms with Gasteiger partial charge in [-0.1, -0.05) is 34.1 Å². The zero-order valence-electron chi connectivity index (χ0n) is 15.7. The quantitative estimate of drug-likeness (QED) is 0.670. The Bertz CT molecular complexity index is 843. The van der Waals surface area contributed by atoms with Crippen LogP contribution in [0.1, 0.15) is 33.6 Å². The molecular formula is C22H24BrN3O2. The van der Waals surface area contributed by atoms with E-state index in [9.17, 15) is 9.59 Å². The number of carbonyl (C=O) groups is 2. The fourth-order valence-corrected chi connectivity index (χ4v) is 3.60. The Morgan fingerprint density at radius 3 is 2.43 bits per heavy atom. The van der Waals surface area contributed by atoms with Crippen molar-refractivity contribution in [1.29, 1.82) is 0 Å². The summed E-state index contributed by atoms with van der Waals surface area (Å²) in [4.78, 5) is 27.0. The van der Waals surface area contributed by atoms with E-state index >= 15 is 0 Å². The Hall–Kier alpha value is -2.60. The van der Waals surface area contributed by atoms with Crippen LogP contribution in [0.15, 0.2) is 65.7 Å². The maximum absolute atomic E-state index is 12.4. The van der Waals surface area contributed by atoms with Gasteiger partial charge in [0.15, 0.2) is 0 Å². The molecule has 146 valence electrons. The van der Waals surface area contributed by atoms with Gasteiger partial charge in [0.25, 0.3) is 11.8 Å². The van der Waals surface area contributed by atoms with E-state index < -0.39 is 0 Å². The molecule has 3 rings (SSSR count). The molecule has 2 aromatic carbocycles. The van der Waals surface area contributed by atoms with Gasteiger partial charge in [0.1, 0.15) is 0 Å². The van der Waals surface area contributed by atoms with Crippen molar-refractivity contribution >= 4 is 33.4 Å². The van der Waals surface area contributed by atoms with Gasteiger partial charge in [0, 0.05) is 41.4 Å². The predicted molar refractivity (Wildman–Crippen MR) is 116 cm³/mol. The lowest BCUT2D eigenvalue weighted by molar-refractivity contribution is 0.0930. The van der Waals surface area contributed by atoms with Crippen molar-refractivity contribution < 1.29 is 9.59 Å². The molecule has 0 aromatic heterocycles. The third kappa shape index (κ3) is 5.01. The Kier molecular flexibility index (Phi) is 6.87. The van der Waals surface area contributed by atoms with Crippen LogP contribution < -0.4 is 15.5 Å². The molecule has 0 atom stereocenters. The van der Waals surface area contributed by atoms with Gasteiger partial charge in [-0.3, -0.25) is 9.59 Å².